The van der Waals surface area contributed by atoms with E-state index in [1.165, 1.54) is 4.90 Å². The summed E-state index contributed by atoms with van der Waals surface area (Å²) in [5.41, 5.74) is -0.352. The van der Waals surface area contributed by atoms with Crippen LogP contribution in [0.25, 0.3) is 0 Å². The Balaban J connectivity index is 2.37. The summed E-state index contributed by atoms with van der Waals surface area (Å²) < 4.78 is 0. The molecular formula is C15H21ClN2S. The van der Waals surface area contributed by atoms with Crippen LogP contribution >= 0.6 is 23.4 Å². The van der Waals surface area contributed by atoms with Gasteiger partial charge < -0.3 is 0 Å². The Bertz CT molecular complexity index is 413. The topological polar surface area (TPSA) is 35.8 Å². The van der Waals surface area contributed by atoms with E-state index in [2.05, 4.69) is 18.3 Å². The Hall–Kier alpha value is -0.690. The average Bonchev–Trinajstić information content (AvgIpc) is 2.44. The fourth-order valence-corrected chi connectivity index (χ4v) is 2.98. The maximum absolute atomic E-state index is 9.32. The van der Waals surface area contributed by atoms with Gasteiger partial charge in [-0.3, -0.25) is 5.32 Å². The lowest BCUT2D eigenvalue weighted by molar-refractivity contribution is 0.379. The lowest BCUT2D eigenvalue weighted by atomic mass is 9.92. The number of hydrogen-bond acceptors (Lipinski definition) is 3. The zero-order chi connectivity index (χ0) is 14.1. The average molecular weight is 297 g/mol. The van der Waals surface area contributed by atoms with E-state index in [1.807, 2.05) is 43.0 Å². The zero-order valence-electron chi connectivity index (χ0n) is 11.6. The molecule has 0 amide bonds. The maximum Gasteiger partial charge on any atom is 0.106 e. The first-order valence-electron chi connectivity index (χ1n) is 6.70. The van der Waals surface area contributed by atoms with Crippen molar-refractivity contribution < 1.29 is 0 Å². The van der Waals surface area contributed by atoms with E-state index < -0.39 is 0 Å². The molecule has 1 unspecified atom stereocenters. The van der Waals surface area contributed by atoms with Crippen LogP contribution < -0.4 is 5.32 Å². The van der Waals surface area contributed by atoms with Gasteiger partial charge >= 0.3 is 0 Å². The van der Waals surface area contributed by atoms with Gasteiger partial charge in [-0.15, -0.1) is 11.8 Å². The van der Waals surface area contributed by atoms with Crippen molar-refractivity contribution in [1.82, 2.24) is 5.32 Å². The zero-order valence-corrected chi connectivity index (χ0v) is 13.2. The summed E-state index contributed by atoms with van der Waals surface area (Å²) in [5.74, 6) is 1.02. The molecule has 0 fully saturated rings. The Kier molecular flexibility index (Phi) is 7.30. The Morgan fingerprint density at radius 1 is 1.32 bits per heavy atom. The number of nitrogens with one attached hydrogen (secondary N) is 1. The van der Waals surface area contributed by atoms with Crippen molar-refractivity contribution in [3.05, 3.63) is 29.3 Å². The molecule has 0 radical (unpaired) electrons. The van der Waals surface area contributed by atoms with E-state index >= 15 is 0 Å². The molecule has 0 heterocycles. The minimum absolute atomic E-state index is 0.352. The Morgan fingerprint density at radius 2 is 2.00 bits per heavy atom. The molecular weight excluding hydrogens is 276 g/mol. The Labute approximate surface area is 125 Å². The number of nitrogens with zero attached hydrogens (tertiary/aromatic N) is 1. The fourth-order valence-electron chi connectivity index (χ4n) is 2.00. The highest BCUT2D eigenvalue weighted by atomic mass is 35.5. The van der Waals surface area contributed by atoms with E-state index in [4.69, 9.17) is 11.6 Å². The molecule has 104 valence electrons. The molecule has 1 atom stereocenters. The van der Waals surface area contributed by atoms with Gasteiger partial charge in [-0.05, 0) is 55.8 Å². The second-order valence-electron chi connectivity index (χ2n) is 4.48. The lowest BCUT2D eigenvalue weighted by Crippen LogP contribution is -2.43. The predicted octanol–water partition coefficient (Wildman–Crippen LogP) is 4.49. The van der Waals surface area contributed by atoms with Gasteiger partial charge in [0.15, 0.2) is 0 Å². The van der Waals surface area contributed by atoms with Crippen molar-refractivity contribution in [2.45, 2.75) is 43.5 Å². The van der Waals surface area contributed by atoms with Gasteiger partial charge in [0.1, 0.15) is 5.54 Å². The molecule has 19 heavy (non-hydrogen) atoms. The first-order valence-corrected chi connectivity index (χ1v) is 8.07. The van der Waals surface area contributed by atoms with Crippen LogP contribution in [0.5, 0.6) is 0 Å². The fraction of sp³-hybridized carbons (Fsp3) is 0.533. The van der Waals surface area contributed by atoms with Gasteiger partial charge in [0.2, 0.25) is 0 Å². The monoisotopic (exact) mass is 296 g/mol. The summed E-state index contributed by atoms with van der Waals surface area (Å²) in [4.78, 5) is 1.23. The highest BCUT2D eigenvalue weighted by Crippen LogP contribution is 2.24. The summed E-state index contributed by atoms with van der Waals surface area (Å²) in [6.45, 7) is 4.95. The van der Waals surface area contributed by atoms with Gasteiger partial charge in [0.05, 0.1) is 6.07 Å². The van der Waals surface area contributed by atoms with E-state index in [9.17, 15) is 5.26 Å². The van der Waals surface area contributed by atoms with Gasteiger partial charge in [0.25, 0.3) is 0 Å². The third-order valence-electron chi connectivity index (χ3n) is 3.16. The standard InChI is InChI=1S/C15H21ClN2S/c1-3-15(12-17,18-4-2)10-5-11-19-14-8-6-13(16)7-9-14/h6-9,18H,3-5,10-11H2,1-2H3. The molecule has 1 rings (SSSR count). The molecule has 0 aliphatic heterocycles. The first kappa shape index (κ1) is 16.4. The Morgan fingerprint density at radius 3 is 2.53 bits per heavy atom. The molecule has 1 N–H and O–H groups in total. The van der Waals surface area contributed by atoms with Crippen molar-refractivity contribution in [3.8, 4) is 6.07 Å². The summed E-state index contributed by atoms with van der Waals surface area (Å²) in [5, 5.41) is 13.4. The van der Waals surface area contributed by atoms with Crippen LogP contribution in [0.2, 0.25) is 5.02 Å². The number of benzene rings is 1. The van der Waals surface area contributed by atoms with Gasteiger partial charge in [-0.25, -0.2) is 0 Å². The third kappa shape index (κ3) is 5.44. The van der Waals surface area contributed by atoms with Crippen molar-refractivity contribution in [2.75, 3.05) is 12.3 Å². The van der Waals surface area contributed by atoms with Gasteiger partial charge in [0, 0.05) is 9.92 Å². The number of rotatable bonds is 8. The SMILES string of the molecule is CCNC(C#N)(CC)CCCSc1ccc(Cl)cc1. The molecule has 1 aromatic carbocycles. The van der Waals surface area contributed by atoms with Crippen molar-refractivity contribution in [2.24, 2.45) is 0 Å². The molecule has 0 aliphatic rings. The highest BCUT2D eigenvalue weighted by Gasteiger charge is 2.25. The second-order valence-corrected chi connectivity index (χ2v) is 6.09. The number of thioether (sulfide) groups is 1. The molecule has 0 bridgehead atoms. The third-order valence-corrected chi connectivity index (χ3v) is 4.51. The van der Waals surface area contributed by atoms with Crippen LogP contribution in [-0.4, -0.2) is 17.8 Å². The molecule has 0 aliphatic carbocycles. The lowest BCUT2D eigenvalue weighted by Gasteiger charge is -2.25. The van der Waals surface area contributed by atoms with Crippen molar-refractivity contribution in [3.63, 3.8) is 0 Å². The van der Waals surface area contributed by atoms with Gasteiger partial charge in [-0.1, -0.05) is 25.4 Å². The summed E-state index contributed by atoms with van der Waals surface area (Å²) >= 11 is 7.66. The largest absolute Gasteiger partial charge is 0.300 e. The number of halogens is 1. The van der Waals surface area contributed by atoms with Crippen molar-refractivity contribution in [1.29, 1.82) is 5.26 Å². The van der Waals surface area contributed by atoms with E-state index in [1.54, 1.807) is 0 Å². The van der Waals surface area contributed by atoms with Crippen LogP contribution in [0.15, 0.2) is 29.2 Å². The van der Waals surface area contributed by atoms with E-state index in [-0.39, 0.29) is 5.54 Å². The normalized spacial score (nSPS) is 13.8. The molecule has 4 heteroatoms. The summed E-state index contributed by atoms with van der Waals surface area (Å²) in [6, 6.07) is 10.3. The maximum atomic E-state index is 9.32. The minimum atomic E-state index is -0.352. The van der Waals surface area contributed by atoms with Gasteiger partial charge in [-0.2, -0.15) is 5.26 Å². The summed E-state index contributed by atoms with van der Waals surface area (Å²) in [7, 11) is 0. The molecule has 1 aromatic rings. The van der Waals surface area contributed by atoms with Crippen LogP contribution in [0, 0.1) is 11.3 Å². The first-order chi connectivity index (χ1) is 9.15. The highest BCUT2D eigenvalue weighted by molar-refractivity contribution is 7.99. The second kappa shape index (κ2) is 8.47. The minimum Gasteiger partial charge on any atom is -0.300 e. The smallest absolute Gasteiger partial charge is 0.106 e. The van der Waals surface area contributed by atoms with Crippen LogP contribution in [-0.2, 0) is 0 Å². The van der Waals surface area contributed by atoms with E-state index in [0.29, 0.717) is 0 Å². The molecule has 2 nitrogen and oxygen atoms in total. The summed E-state index contributed by atoms with van der Waals surface area (Å²) in [6.07, 6.45) is 2.78. The molecule has 0 saturated carbocycles. The van der Waals surface area contributed by atoms with Crippen LogP contribution in [0.1, 0.15) is 33.1 Å². The molecule has 0 spiro atoms. The number of nitriles is 1. The molecule has 0 saturated heterocycles. The quantitative estimate of drug-likeness (QED) is 0.567. The van der Waals surface area contributed by atoms with E-state index in [0.717, 1.165) is 36.6 Å². The molecule has 0 aromatic heterocycles. The number of hydrogen-bond donors (Lipinski definition) is 1. The van der Waals surface area contributed by atoms with Crippen LogP contribution in [0.4, 0.5) is 0 Å². The van der Waals surface area contributed by atoms with Crippen molar-refractivity contribution >= 4 is 23.4 Å². The van der Waals surface area contributed by atoms with Crippen LogP contribution in [0.3, 0.4) is 0 Å². The predicted molar refractivity (Wildman–Crippen MR) is 83.7 cm³/mol.